The van der Waals surface area contributed by atoms with E-state index < -0.39 is 6.04 Å². The van der Waals surface area contributed by atoms with E-state index in [9.17, 15) is 4.79 Å². The second kappa shape index (κ2) is 4.93. The molecule has 1 aromatic carbocycles. The largest absolute Gasteiger partial charge is 0.367 e. The molecule has 0 aromatic heterocycles. The summed E-state index contributed by atoms with van der Waals surface area (Å²) >= 11 is 6.43. The maximum atomic E-state index is 11.7. The van der Waals surface area contributed by atoms with Crippen molar-refractivity contribution in [3.8, 4) is 0 Å². The Morgan fingerprint density at radius 1 is 1.40 bits per heavy atom. The van der Waals surface area contributed by atoms with Crippen LogP contribution in [-0.4, -0.2) is 18.5 Å². The zero-order chi connectivity index (χ0) is 14.4. The molecule has 1 amide bonds. The van der Waals surface area contributed by atoms with Crippen molar-refractivity contribution in [2.24, 2.45) is 11.7 Å². The van der Waals surface area contributed by atoms with Gasteiger partial charge in [-0.2, -0.15) is 0 Å². The number of carbonyl (C=O) groups excluding carboxylic acids is 1. The normalized spacial score (nSPS) is 29.3. The fourth-order valence-corrected chi connectivity index (χ4v) is 3.47. The van der Waals surface area contributed by atoms with Gasteiger partial charge in [0.25, 0.3) is 0 Å². The lowest BCUT2D eigenvalue weighted by Crippen LogP contribution is -2.42. The number of anilines is 2. The smallest absolute Gasteiger partial charge is 0.245 e. The van der Waals surface area contributed by atoms with E-state index in [1.807, 2.05) is 12.1 Å². The molecule has 3 atom stereocenters. The van der Waals surface area contributed by atoms with Gasteiger partial charge in [-0.15, -0.1) is 0 Å². The lowest BCUT2D eigenvalue weighted by Gasteiger charge is -2.40. The number of rotatable bonds is 1. The van der Waals surface area contributed by atoms with Crippen molar-refractivity contribution in [1.82, 2.24) is 0 Å². The van der Waals surface area contributed by atoms with Gasteiger partial charge in [-0.3, -0.25) is 4.79 Å². The Bertz CT molecular complexity index is 560. The Morgan fingerprint density at radius 3 is 2.90 bits per heavy atom. The number of nitrogens with zero attached hydrogens (tertiary/aromatic N) is 1. The molecule has 3 rings (SSSR count). The van der Waals surface area contributed by atoms with Gasteiger partial charge in [0.15, 0.2) is 0 Å². The number of halogens is 1. The first-order valence-corrected chi connectivity index (χ1v) is 7.53. The molecule has 0 radical (unpaired) electrons. The van der Waals surface area contributed by atoms with Crippen molar-refractivity contribution in [2.45, 2.75) is 38.8 Å². The highest BCUT2D eigenvalue weighted by Crippen LogP contribution is 2.40. The Morgan fingerprint density at radius 2 is 2.15 bits per heavy atom. The van der Waals surface area contributed by atoms with Gasteiger partial charge in [0, 0.05) is 23.8 Å². The van der Waals surface area contributed by atoms with Gasteiger partial charge in [0.2, 0.25) is 5.91 Å². The Balaban J connectivity index is 1.99. The quantitative estimate of drug-likeness (QED) is 0.837. The summed E-state index contributed by atoms with van der Waals surface area (Å²) in [7, 11) is 0. The molecule has 0 spiro atoms. The number of hydrogen-bond donors (Lipinski definition) is 2. The molecule has 5 heteroatoms. The van der Waals surface area contributed by atoms with Crippen molar-refractivity contribution in [3.05, 3.63) is 22.7 Å². The molecule has 2 heterocycles. The molecular weight excluding hydrogens is 274 g/mol. The van der Waals surface area contributed by atoms with Gasteiger partial charge >= 0.3 is 0 Å². The number of piperidine rings is 1. The van der Waals surface area contributed by atoms with E-state index in [0.717, 1.165) is 23.5 Å². The van der Waals surface area contributed by atoms with Gasteiger partial charge in [0.05, 0.1) is 10.7 Å². The van der Waals surface area contributed by atoms with Gasteiger partial charge in [-0.1, -0.05) is 18.5 Å². The summed E-state index contributed by atoms with van der Waals surface area (Å²) in [6, 6.07) is 3.65. The summed E-state index contributed by atoms with van der Waals surface area (Å²) in [6.45, 7) is 5.51. The summed E-state index contributed by atoms with van der Waals surface area (Å²) < 4.78 is 0. The van der Waals surface area contributed by atoms with Gasteiger partial charge in [-0.25, -0.2) is 0 Å². The summed E-state index contributed by atoms with van der Waals surface area (Å²) in [5.41, 5.74) is 8.44. The molecule has 0 saturated carbocycles. The minimum Gasteiger partial charge on any atom is -0.367 e. The highest BCUT2D eigenvalue weighted by atomic mass is 35.5. The topological polar surface area (TPSA) is 58.4 Å². The Hall–Kier alpha value is -1.26. The molecule has 2 aliphatic rings. The fourth-order valence-electron chi connectivity index (χ4n) is 3.19. The molecule has 2 aliphatic heterocycles. The van der Waals surface area contributed by atoms with Gasteiger partial charge < -0.3 is 16.0 Å². The molecule has 4 nitrogen and oxygen atoms in total. The first kappa shape index (κ1) is 13.7. The summed E-state index contributed by atoms with van der Waals surface area (Å²) in [5, 5.41) is 3.51. The lowest BCUT2D eigenvalue weighted by atomic mass is 9.91. The van der Waals surface area contributed by atoms with E-state index in [0.29, 0.717) is 17.0 Å². The van der Waals surface area contributed by atoms with Crippen LogP contribution in [0, 0.1) is 5.92 Å². The van der Waals surface area contributed by atoms with Crippen LogP contribution in [0.2, 0.25) is 5.02 Å². The van der Waals surface area contributed by atoms with Crippen LogP contribution in [0.4, 0.5) is 11.4 Å². The third kappa shape index (κ3) is 2.07. The molecule has 0 bridgehead atoms. The maximum Gasteiger partial charge on any atom is 0.245 e. The molecule has 108 valence electrons. The highest BCUT2D eigenvalue weighted by Gasteiger charge is 2.31. The highest BCUT2D eigenvalue weighted by molar-refractivity contribution is 6.33. The second-order valence-electron chi connectivity index (χ2n) is 5.91. The predicted octanol–water partition coefficient (Wildman–Crippen LogP) is 2.92. The molecule has 1 saturated heterocycles. The minimum absolute atomic E-state index is 0.159. The van der Waals surface area contributed by atoms with Crippen molar-refractivity contribution >= 4 is 28.9 Å². The van der Waals surface area contributed by atoms with Crippen molar-refractivity contribution in [3.63, 3.8) is 0 Å². The van der Waals surface area contributed by atoms with Crippen LogP contribution in [0.5, 0.6) is 0 Å². The van der Waals surface area contributed by atoms with E-state index in [1.165, 1.54) is 12.8 Å². The summed E-state index contributed by atoms with van der Waals surface area (Å²) in [6.07, 6.45) is 2.42. The number of nitrogens with one attached hydrogen (secondary N) is 1. The number of carbonyl (C=O) groups is 1. The Kier molecular flexibility index (Phi) is 3.38. The average Bonchev–Trinajstić information content (AvgIpc) is 2.68. The fraction of sp³-hybridized carbons (Fsp3) is 0.533. The summed E-state index contributed by atoms with van der Waals surface area (Å²) in [4.78, 5) is 14.0. The molecule has 3 unspecified atom stereocenters. The maximum absolute atomic E-state index is 11.7. The zero-order valence-electron chi connectivity index (χ0n) is 11.8. The van der Waals surface area contributed by atoms with Gasteiger partial charge in [-0.05, 0) is 37.8 Å². The van der Waals surface area contributed by atoms with E-state index >= 15 is 0 Å². The third-order valence-corrected chi connectivity index (χ3v) is 4.98. The van der Waals surface area contributed by atoms with E-state index in [1.54, 1.807) is 0 Å². The van der Waals surface area contributed by atoms with Crippen LogP contribution in [0.15, 0.2) is 12.1 Å². The van der Waals surface area contributed by atoms with Crippen LogP contribution >= 0.6 is 11.6 Å². The third-order valence-electron chi connectivity index (χ3n) is 4.68. The lowest BCUT2D eigenvalue weighted by molar-refractivity contribution is -0.116. The number of nitrogens with two attached hydrogens (primary N) is 1. The van der Waals surface area contributed by atoms with Crippen LogP contribution in [0.1, 0.15) is 38.3 Å². The van der Waals surface area contributed by atoms with E-state index in [-0.39, 0.29) is 5.91 Å². The second-order valence-corrected chi connectivity index (χ2v) is 6.32. The zero-order valence-corrected chi connectivity index (χ0v) is 12.6. The minimum atomic E-state index is -0.603. The average molecular weight is 294 g/mol. The molecule has 3 N–H and O–H groups in total. The predicted molar refractivity (Wildman–Crippen MR) is 82.2 cm³/mol. The van der Waals surface area contributed by atoms with Crippen LogP contribution in [-0.2, 0) is 4.79 Å². The van der Waals surface area contributed by atoms with Crippen molar-refractivity contribution in [2.75, 3.05) is 16.8 Å². The molecular formula is C15H20ClN3O. The van der Waals surface area contributed by atoms with E-state index in [2.05, 4.69) is 24.1 Å². The van der Waals surface area contributed by atoms with Crippen LogP contribution in [0.25, 0.3) is 0 Å². The first-order valence-electron chi connectivity index (χ1n) is 7.15. The van der Waals surface area contributed by atoms with Crippen LogP contribution < -0.4 is 16.0 Å². The Labute approximate surface area is 124 Å². The summed E-state index contributed by atoms with van der Waals surface area (Å²) in [5.74, 6) is 0.484. The number of fused-ring (bicyclic) bond motifs is 1. The molecule has 0 aliphatic carbocycles. The molecule has 1 fully saturated rings. The molecule has 1 aromatic rings. The number of hydrogen-bond acceptors (Lipinski definition) is 3. The first-order chi connectivity index (χ1) is 9.49. The van der Waals surface area contributed by atoms with Crippen molar-refractivity contribution in [1.29, 1.82) is 0 Å². The monoisotopic (exact) mass is 293 g/mol. The standard InChI is InChI=1S/C15H20ClN3O/c1-8-4-3-5-19(9(8)2)13-7-12-10(6-11(13)16)14(17)15(20)18-12/h6-9,14H,3-5,17H2,1-2H3,(H,18,20). The molecule has 20 heavy (non-hydrogen) atoms. The van der Waals surface area contributed by atoms with Gasteiger partial charge in [0.1, 0.15) is 6.04 Å². The number of amides is 1. The van der Waals surface area contributed by atoms with Crippen molar-refractivity contribution < 1.29 is 4.79 Å². The van der Waals surface area contributed by atoms with Crippen LogP contribution in [0.3, 0.4) is 0 Å². The van der Waals surface area contributed by atoms with E-state index in [4.69, 9.17) is 17.3 Å². The SMILES string of the molecule is CC1CCCN(c2cc3c(cc2Cl)C(N)C(=O)N3)C1C. The number of benzene rings is 1.